The third-order valence-electron chi connectivity index (χ3n) is 8.95. The van der Waals surface area contributed by atoms with Gasteiger partial charge in [-0.3, -0.25) is 14.8 Å². The van der Waals surface area contributed by atoms with Gasteiger partial charge in [0.2, 0.25) is 5.91 Å². The number of H-pyrrole nitrogens is 1. The summed E-state index contributed by atoms with van der Waals surface area (Å²) < 4.78 is 13.3. The fourth-order valence-electron chi connectivity index (χ4n) is 6.09. The first kappa shape index (κ1) is 28.4. The zero-order valence-electron chi connectivity index (χ0n) is 25.1. The maximum atomic E-state index is 13.2. The van der Waals surface area contributed by atoms with E-state index in [0.717, 1.165) is 98.0 Å². The van der Waals surface area contributed by atoms with Crippen LogP contribution in [0.4, 0.5) is 5.82 Å². The lowest BCUT2D eigenvalue weighted by molar-refractivity contribution is -0.128. The van der Waals surface area contributed by atoms with Gasteiger partial charge in [-0.05, 0) is 43.9 Å². The van der Waals surface area contributed by atoms with Gasteiger partial charge < -0.3 is 19.7 Å². The highest BCUT2D eigenvalue weighted by Gasteiger charge is 2.39. The van der Waals surface area contributed by atoms with Crippen LogP contribution in [0.5, 0.6) is 5.75 Å². The van der Waals surface area contributed by atoms with Crippen LogP contribution >= 0.6 is 0 Å². The van der Waals surface area contributed by atoms with Crippen LogP contribution in [0.3, 0.4) is 0 Å². The quantitative estimate of drug-likeness (QED) is 0.311. The van der Waals surface area contributed by atoms with Crippen molar-refractivity contribution >= 4 is 28.3 Å². The van der Waals surface area contributed by atoms with Gasteiger partial charge in [-0.2, -0.15) is 5.10 Å². The van der Waals surface area contributed by atoms with E-state index in [-0.39, 0.29) is 17.4 Å². The molecule has 2 N–H and O–H groups in total. The van der Waals surface area contributed by atoms with Crippen LogP contribution in [0.1, 0.15) is 40.5 Å². The van der Waals surface area contributed by atoms with Gasteiger partial charge in [-0.1, -0.05) is 20.8 Å². The summed E-state index contributed by atoms with van der Waals surface area (Å²) in [5.74, 6) is 2.13. The Kier molecular flexibility index (Phi) is 8.04. The predicted octanol–water partition coefficient (Wildman–Crippen LogP) is 3.75. The van der Waals surface area contributed by atoms with Crippen molar-refractivity contribution in [3.63, 3.8) is 0 Å². The molecule has 2 aliphatic heterocycles. The molecule has 2 fully saturated rings. The summed E-state index contributed by atoms with van der Waals surface area (Å²) in [4.78, 5) is 22.9. The normalized spacial score (nSPS) is 18.5. The van der Waals surface area contributed by atoms with Crippen LogP contribution in [0, 0.1) is 11.8 Å². The molecular weight excluding hydrogens is 532 g/mol. The lowest BCUT2D eigenvalue weighted by atomic mass is 9.85. The molecule has 4 aromatic rings. The molecule has 0 saturated carbocycles. The van der Waals surface area contributed by atoms with Crippen LogP contribution in [-0.4, -0.2) is 93.7 Å². The largest absolute Gasteiger partial charge is 0.492 e. The van der Waals surface area contributed by atoms with Crippen LogP contribution in [0.15, 0.2) is 36.8 Å². The Bertz CT molecular complexity index is 1510. The summed E-state index contributed by atoms with van der Waals surface area (Å²) in [6.45, 7) is 14.6. The second kappa shape index (κ2) is 11.9. The fourth-order valence-corrected chi connectivity index (χ4v) is 6.09. The van der Waals surface area contributed by atoms with E-state index in [1.54, 1.807) is 6.20 Å². The Morgan fingerprint density at radius 3 is 2.62 bits per heavy atom. The minimum atomic E-state index is -0.253. The van der Waals surface area contributed by atoms with E-state index in [1.807, 2.05) is 36.8 Å². The molecule has 42 heavy (non-hydrogen) atoms. The summed E-state index contributed by atoms with van der Waals surface area (Å²) in [6, 6.07) is 6.26. The van der Waals surface area contributed by atoms with E-state index in [9.17, 15) is 4.79 Å². The molecule has 1 amide bonds. The standard InChI is InChI=1S/C31H42N8O3/c1-5-42-24-16-25(28-26-18-33-35-29(26)36-39(28)19-24)23-6-7-27(32-17-23)38-10-8-31(9-11-38,20-37-12-14-41-15-13-37)34-30(40)22(4)21(2)3/h6-7,16-19,21-22H,5,8-15,20H2,1-4H3,(H,34,40)(H,35,36). The number of amides is 1. The molecule has 11 heteroatoms. The van der Waals surface area contributed by atoms with Gasteiger partial charge in [-0.25, -0.2) is 9.50 Å². The number of fused-ring (bicyclic) bond motifs is 3. The van der Waals surface area contributed by atoms with Crippen LogP contribution in [0.25, 0.3) is 27.7 Å². The molecule has 0 aromatic carbocycles. The lowest BCUT2D eigenvalue weighted by Crippen LogP contribution is -2.62. The van der Waals surface area contributed by atoms with Crippen molar-refractivity contribution in [3.05, 3.63) is 36.8 Å². The molecule has 4 aromatic heterocycles. The van der Waals surface area contributed by atoms with E-state index in [1.165, 1.54) is 0 Å². The van der Waals surface area contributed by atoms with Crippen LogP contribution in [-0.2, 0) is 9.53 Å². The highest BCUT2D eigenvalue weighted by Crippen LogP contribution is 2.34. The number of nitrogens with one attached hydrogen (secondary N) is 2. The zero-order chi connectivity index (χ0) is 29.3. The highest BCUT2D eigenvalue weighted by atomic mass is 16.5. The molecule has 11 nitrogen and oxygen atoms in total. The van der Waals surface area contributed by atoms with E-state index in [4.69, 9.17) is 14.5 Å². The van der Waals surface area contributed by atoms with Crippen LogP contribution < -0.4 is 15.0 Å². The van der Waals surface area contributed by atoms with Crippen LogP contribution in [0.2, 0.25) is 0 Å². The number of carbonyl (C=O) groups is 1. The Morgan fingerprint density at radius 1 is 1.14 bits per heavy atom. The number of anilines is 1. The molecule has 2 saturated heterocycles. The number of hydrogen-bond donors (Lipinski definition) is 2. The highest BCUT2D eigenvalue weighted by molar-refractivity contribution is 6.00. The number of piperidine rings is 1. The Hall–Kier alpha value is -3.70. The summed E-state index contributed by atoms with van der Waals surface area (Å²) in [5, 5.41) is 16.2. The number of ether oxygens (including phenoxy) is 2. The zero-order valence-corrected chi connectivity index (χ0v) is 25.1. The van der Waals surface area contributed by atoms with Crippen molar-refractivity contribution in [2.24, 2.45) is 11.8 Å². The van der Waals surface area contributed by atoms with Gasteiger partial charge in [0, 0.05) is 56.0 Å². The summed E-state index contributed by atoms with van der Waals surface area (Å²) >= 11 is 0. The number of carbonyl (C=O) groups excluding carboxylic acids is 1. The van der Waals surface area contributed by atoms with Crippen molar-refractivity contribution in [1.29, 1.82) is 0 Å². The van der Waals surface area contributed by atoms with Gasteiger partial charge in [-0.15, -0.1) is 5.10 Å². The lowest BCUT2D eigenvalue weighted by Gasteiger charge is -2.46. The average molecular weight is 575 g/mol. The first-order valence-corrected chi connectivity index (χ1v) is 15.2. The molecule has 0 radical (unpaired) electrons. The minimum Gasteiger partial charge on any atom is -0.492 e. The van der Waals surface area contributed by atoms with Crippen molar-refractivity contribution < 1.29 is 14.3 Å². The monoisotopic (exact) mass is 574 g/mol. The molecule has 0 aliphatic carbocycles. The number of hydrogen-bond acceptors (Lipinski definition) is 8. The number of aromatic nitrogens is 5. The molecule has 1 unspecified atom stereocenters. The smallest absolute Gasteiger partial charge is 0.223 e. The van der Waals surface area contributed by atoms with Gasteiger partial charge in [0.15, 0.2) is 5.65 Å². The maximum absolute atomic E-state index is 13.2. The summed E-state index contributed by atoms with van der Waals surface area (Å²) in [5.41, 5.74) is 3.43. The van der Waals surface area contributed by atoms with E-state index in [2.05, 4.69) is 56.4 Å². The number of nitrogens with zero attached hydrogens (tertiary/aromatic N) is 6. The number of morpholine rings is 1. The minimum absolute atomic E-state index is 0.0226. The van der Waals surface area contributed by atoms with E-state index in [0.29, 0.717) is 12.5 Å². The molecular formula is C31H42N8O3. The number of pyridine rings is 2. The summed E-state index contributed by atoms with van der Waals surface area (Å²) in [7, 11) is 0. The van der Waals surface area contributed by atoms with Crippen molar-refractivity contribution in [1.82, 2.24) is 35.0 Å². The van der Waals surface area contributed by atoms with Crippen molar-refractivity contribution in [2.75, 3.05) is 57.4 Å². The Morgan fingerprint density at radius 2 is 1.93 bits per heavy atom. The third-order valence-corrected chi connectivity index (χ3v) is 8.95. The fraction of sp³-hybridized carbons (Fsp3) is 0.548. The Balaban J connectivity index is 1.22. The Labute approximate surface area is 246 Å². The first-order chi connectivity index (χ1) is 20.4. The molecule has 6 rings (SSSR count). The number of rotatable bonds is 9. The third kappa shape index (κ3) is 5.67. The maximum Gasteiger partial charge on any atom is 0.223 e. The molecule has 2 aliphatic rings. The second-order valence-electron chi connectivity index (χ2n) is 12.0. The van der Waals surface area contributed by atoms with Gasteiger partial charge in [0.25, 0.3) is 0 Å². The average Bonchev–Trinajstić information content (AvgIpc) is 3.59. The molecule has 224 valence electrons. The van der Waals surface area contributed by atoms with Crippen molar-refractivity contribution in [2.45, 2.75) is 46.1 Å². The molecule has 1 atom stereocenters. The molecule has 0 bridgehead atoms. The van der Waals surface area contributed by atoms with E-state index >= 15 is 0 Å². The molecule has 6 heterocycles. The topological polar surface area (TPSA) is 113 Å². The van der Waals surface area contributed by atoms with Gasteiger partial charge >= 0.3 is 0 Å². The van der Waals surface area contributed by atoms with E-state index < -0.39 is 0 Å². The second-order valence-corrected chi connectivity index (χ2v) is 12.0. The molecule has 0 spiro atoms. The summed E-state index contributed by atoms with van der Waals surface area (Å²) in [6.07, 6.45) is 7.38. The van der Waals surface area contributed by atoms with Crippen molar-refractivity contribution in [3.8, 4) is 16.9 Å². The van der Waals surface area contributed by atoms with Gasteiger partial charge in [0.05, 0.1) is 48.7 Å². The first-order valence-electron chi connectivity index (χ1n) is 15.2. The van der Waals surface area contributed by atoms with Gasteiger partial charge in [0.1, 0.15) is 11.6 Å². The predicted molar refractivity (Wildman–Crippen MR) is 163 cm³/mol. The SMILES string of the molecule is CCOc1cc(-c2ccc(N3CCC(CN4CCOCC4)(NC(=O)C(C)C(C)C)CC3)nc2)c2c3cn[nH]c3nn2c1. The number of aromatic amines is 1.